The molecule has 0 unspecified atom stereocenters. The predicted octanol–water partition coefficient (Wildman–Crippen LogP) is 2.93. The van der Waals surface area contributed by atoms with Gasteiger partial charge in [-0.2, -0.15) is 0 Å². The van der Waals surface area contributed by atoms with Crippen LogP contribution in [0.5, 0.6) is 0 Å². The van der Waals surface area contributed by atoms with Crippen molar-refractivity contribution < 1.29 is 9.72 Å². The van der Waals surface area contributed by atoms with Gasteiger partial charge in [0.2, 0.25) is 11.6 Å². The van der Waals surface area contributed by atoms with Gasteiger partial charge in [0, 0.05) is 28.7 Å². The molecule has 136 valence electrons. The molecule has 2 aromatic heterocycles. The van der Waals surface area contributed by atoms with E-state index in [1.54, 1.807) is 24.3 Å². The van der Waals surface area contributed by atoms with Gasteiger partial charge in [-0.25, -0.2) is 9.97 Å². The molecular formula is C16H12ClN7O3. The summed E-state index contributed by atoms with van der Waals surface area (Å²) in [5, 5.41) is 14.8. The summed E-state index contributed by atoms with van der Waals surface area (Å²) in [6, 6.07) is 9.40. The fourth-order valence-corrected chi connectivity index (χ4v) is 2.22. The predicted molar refractivity (Wildman–Crippen MR) is 98.7 cm³/mol. The van der Waals surface area contributed by atoms with E-state index in [2.05, 4.69) is 31.1 Å². The Morgan fingerprint density at radius 2 is 1.70 bits per heavy atom. The van der Waals surface area contributed by atoms with E-state index < -0.39 is 16.5 Å². The third-order valence-electron chi connectivity index (χ3n) is 3.35. The van der Waals surface area contributed by atoms with Crippen molar-refractivity contribution in [2.24, 2.45) is 0 Å². The molecule has 27 heavy (non-hydrogen) atoms. The van der Waals surface area contributed by atoms with Crippen molar-refractivity contribution in [1.82, 2.24) is 20.4 Å². The molecule has 0 aliphatic carbocycles. The van der Waals surface area contributed by atoms with E-state index in [1.807, 2.05) is 0 Å². The lowest BCUT2D eigenvalue weighted by Gasteiger charge is -2.11. The Morgan fingerprint density at radius 1 is 1.04 bits per heavy atom. The van der Waals surface area contributed by atoms with Crippen LogP contribution in [-0.4, -0.2) is 25.8 Å². The summed E-state index contributed by atoms with van der Waals surface area (Å²) in [5.74, 6) is -0.721. The maximum Gasteiger partial charge on any atom is 0.355 e. The van der Waals surface area contributed by atoms with Crippen molar-refractivity contribution in [3.63, 3.8) is 0 Å². The number of halogens is 1. The molecule has 0 radical (unpaired) electrons. The number of rotatable bonds is 6. The lowest BCUT2D eigenvalue weighted by Crippen LogP contribution is -2.30. The maximum atomic E-state index is 12.1. The molecule has 2 heterocycles. The largest absolute Gasteiger partial charge is 0.355 e. The number of aromatic nitrogens is 3. The van der Waals surface area contributed by atoms with Crippen LogP contribution in [0.3, 0.4) is 0 Å². The van der Waals surface area contributed by atoms with Crippen LogP contribution >= 0.6 is 11.6 Å². The van der Waals surface area contributed by atoms with E-state index in [0.717, 1.165) is 6.33 Å². The summed E-state index contributed by atoms with van der Waals surface area (Å²) in [6.45, 7) is 0. The van der Waals surface area contributed by atoms with E-state index in [1.165, 1.54) is 24.5 Å². The highest BCUT2D eigenvalue weighted by molar-refractivity contribution is 6.30. The van der Waals surface area contributed by atoms with Gasteiger partial charge < -0.3 is 5.32 Å². The van der Waals surface area contributed by atoms with Crippen molar-refractivity contribution in [3.8, 4) is 0 Å². The topological polar surface area (TPSA) is 135 Å². The van der Waals surface area contributed by atoms with Crippen molar-refractivity contribution in [3.05, 3.63) is 75.8 Å². The third kappa shape index (κ3) is 4.44. The zero-order valence-corrected chi connectivity index (χ0v) is 14.3. The molecule has 1 amide bonds. The number of nitrogens with zero attached hydrogens (tertiary/aromatic N) is 4. The molecule has 3 rings (SSSR count). The first kappa shape index (κ1) is 18.0. The fraction of sp³-hybridized carbons (Fsp3) is 0. The molecule has 0 fully saturated rings. The zero-order chi connectivity index (χ0) is 19.2. The average molecular weight is 386 g/mol. The van der Waals surface area contributed by atoms with Crippen LogP contribution in [0.4, 0.5) is 23.0 Å². The summed E-state index contributed by atoms with van der Waals surface area (Å²) in [5.41, 5.74) is 5.26. The fourth-order valence-electron chi connectivity index (χ4n) is 2.10. The van der Waals surface area contributed by atoms with Gasteiger partial charge in [-0.15, -0.1) is 0 Å². The Kier molecular flexibility index (Phi) is 5.38. The highest BCUT2D eigenvalue weighted by Gasteiger charge is 2.23. The molecule has 11 heteroatoms. The lowest BCUT2D eigenvalue weighted by atomic mass is 10.2. The molecule has 0 aliphatic rings. The highest BCUT2D eigenvalue weighted by atomic mass is 35.5. The number of hydrogen-bond donors (Lipinski definition) is 3. The maximum absolute atomic E-state index is 12.1. The van der Waals surface area contributed by atoms with Gasteiger partial charge in [0.25, 0.3) is 5.91 Å². The molecule has 0 atom stereocenters. The normalized spacial score (nSPS) is 10.1. The number of benzene rings is 1. The molecule has 1 aromatic carbocycles. The van der Waals surface area contributed by atoms with Crippen LogP contribution < -0.4 is 16.2 Å². The van der Waals surface area contributed by atoms with Crippen molar-refractivity contribution >= 4 is 40.5 Å². The van der Waals surface area contributed by atoms with E-state index in [-0.39, 0.29) is 11.6 Å². The van der Waals surface area contributed by atoms with Crippen LogP contribution in [0.25, 0.3) is 0 Å². The third-order valence-corrected chi connectivity index (χ3v) is 3.60. The Morgan fingerprint density at radius 3 is 2.37 bits per heavy atom. The van der Waals surface area contributed by atoms with Crippen LogP contribution in [-0.2, 0) is 0 Å². The molecule has 0 saturated carbocycles. The molecule has 3 N–H and O–H groups in total. The summed E-state index contributed by atoms with van der Waals surface area (Å²) < 4.78 is 0. The van der Waals surface area contributed by atoms with Crippen molar-refractivity contribution in [2.75, 3.05) is 10.7 Å². The van der Waals surface area contributed by atoms with Crippen molar-refractivity contribution in [1.29, 1.82) is 0 Å². The second-order valence-electron chi connectivity index (χ2n) is 5.12. The molecule has 0 spiro atoms. The van der Waals surface area contributed by atoms with E-state index in [4.69, 9.17) is 11.6 Å². The molecule has 3 aromatic rings. The van der Waals surface area contributed by atoms with Gasteiger partial charge in [0.15, 0.2) is 0 Å². The number of nitrogens with one attached hydrogen (secondary N) is 3. The number of amides is 1. The smallest absolute Gasteiger partial charge is 0.334 e. The summed E-state index contributed by atoms with van der Waals surface area (Å²) >= 11 is 5.78. The van der Waals surface area contributed by atoms with Crippen molar-refractivity contribution in [2.45, 2.75) is 0 Å². The number of hydrazine groups is 1. The summed E-state index contributed by atoms with van der Waals surface area (Å²) in [4.78, 5) is 34.6. The standard InChI is InChI=1S/C16H12ClN7O3/c17-11-3-1-10(2-4-11)16(25)23-22-15-13(24(26)27)14(19-9-20-15)21-12-5-7-18-8-6-12/h1-9H,(H,23,25)(H2,18,19,20,21,22). The number of nitro groups is 1. The molecule has 0 saturated heterocycles. The number of pyridine rings is 1. The van der Waals surface area contributed by atoms with Gasteiger partial charge in [-0.1, -0.05) is 11.6 Å². The van der Waals surface area contributed by atoms with E-state index in [9.17, 15) is 14.9 Å². The Bertz CT molecular complexity index is 968. The molecule has 0 aliphatic heterocycles. The first-order chi connectivity index (χ1) is 13.0. The quantitative estimate of drug-likeness (QED) is 0.435. The van der Waals surface area contributed by atoms with Crippen LogP contribution in [0, 0.1) is 10.1 Å². The first-order valence-corrected chi connectivity index (χ1v) is 7.91. The van der Waals surface area contributed by atoms with Gasteiger partial charge in [0.1, 0.15) is 6.33 Å². The average Bonchev–Trinajstić information content (AvgIpc) is 2.67. The monoisotopic (exact) mass is 385 g/mol. The van der Waals surface area contributed by atoms with Gasteiger partial charge in [-0.3, -0.25) is 30.7 Å². The Balaban J connectivity index is 1.80. The minimum absolute atomic E-state index is 0.0376. The minimum Gasteiger partial charge on any atom is -0.334 e. The molecule has 0 bridgehead atoms. The van der Waals surface area contributed by atoms with Crippen LogP contribution in [0.1, 0.15) is 10.4 Å². The van der Waals surface area contributed by atoms with Gasteiger partial charge in [0.05, 0.1) is 4.92 Å². The van der Waals surface area contributed by atoms with Gasteiger partial charge in [-0.05, 0) is 36.4 Å². The molecule has 10 nitrogen and oxygen atoms in total. The number of anilines is 3. The number of carbonyl (C=O) groups excluding carboxylic acids is 1. The van der Waals surface area contributed by atoms with Crippen LogP contribution in [0.2, 0.25) is 5.02 Å². The van der Waals surface area contributed by atoms with Crippen LogP contribution in [0.15, 0.2) is 55.1 Å². The zero-order valence-electron chi connectivity index (χ0n) is 13.6. The first-order valence-electron chi connectivity index (χ1n) is 7.53. The number of carbonyl (C=O) groups is 1. The second kappa shape index (κ2) is 8.06. The lowest BCUT2D eigenvalue weighted by molar-refractivity contribution is -0.383. The molecular weight excluding hydrogens is 374 g/mol. The summed E-state index contributed by atoms with van der Waals surface area (Å²) in [6.07, 6.45) is 4.19. The minimum atomic E-state index is -0.652. The second-order valence-corrected chi connectivity index (χ2v) is 5.56. The Labute approximate surface area is 157 Å². The number of hydrogen-bond acceptors (Lipinski definition) is 8. The van der Waals surface area contributed by atoms with E-state index >= 15 is 0 Å². The van der Waals surface area contributed by atoms with E-state index in [0.29, 0.717) is 16.3 Å². The summed E-state index contributed by atoms with van der Waals surface area (Å²) in [7, 11) is 0. The highest BCUT2D eigenvalue weighted by Crippen LogP contribution is 2.30. The SMILES string of the molecule is O=C(NNc1ncnc(Nc2ccncc2)c1[N+](=O)[O-])c1ccc(Cl)cc1. The van der Waals surface area contributed by atoms with Gasteiger partial charge >= 0.3 is 5.69 Å². The Hall–Kier alpha value is -3.79.